The van der Waals surface area contributed by atoms with E-state index in [-0.39, 0.29) is 0 Å². The van der Waals surface area contributed by atoms with E-state index in [1.807, 2.05) is 6.07 Å². The van der Waals surface area contributed by atoms with E-state index in [4.69, 9.17) is 4.74 Å². The van der Waals surface area contributed by atoms with Crippen LogP contribution >= 0.6 is 0 Å². The predicted molar refractivity (Wildman–Crippen MR) is 49.2 cm³/mol. The smallest absolute Gasteiger partial charge is 0.119 e. The standard InChI is InChI=1S/C10H13NO/c1-9-7-11(8-12-9)10-5-3-2-4-6-10/h2-6,9H,7-8H2,1H3. The molecule has 2 rings (SSSR count). The molecule has 0 amide bonds. The zero-order valence-corrected chi connectivity index (χ0v) is 7.23. The van der Waals surface area contributed by atoms with Crippen molar-refractivity contribution in [3.05, 3.63) is 30.3 Å². The molecular weight excluding hydrogens is 150 g/mol. The maximum atomic E-state index is 5.45. The maximum Gasteiger partial charge on any atom is 0.119 e. The molecule has 1 aliphatic rings. The van der Waals surface area contributed by atoms with Crippen molar-refractivity contribution in [3.63, 3.8) is 0 Å². The Morgan fingerprint density at radius 2 is 2.08 bits per heavy atom. The summed E-state index contributed by atoms with van der Waals surface area (Å²) in [4.78, 5) is 2.24. The Balaban J connectivity index is 2.11. The van der Waals surface area contributed by atoms with Gasteiger partial charge in [-0.2, -0.15) is 0 Å². The third-order valence-corrected chi connectivity index (χ3v) is 2.11. The van der Waals surface area contributed by atoms with Crippen molar-refractivity contribution in [1.29, 1.82) is 0 Å². The van der Waals surface area contributed by atoms with E-state index < -0.39 is 0 Å². The molecule has 64 valence electrons. The summed E-state index contributed by atoms with van der Waals surface area (Å²) < 4.78 is 5.45. The second-order valence-electron chi connectivity index (χ2n) is 3.16. The minimum Gasteiger partial charge on any atom is -0.356 e. The van der Waals surface area contributed by atoms with Crippen LogP contribution in [0.4, 0.5) is 5.69 Å². The van der Waals surface area contributed by atoms with Gasteiger partial charge in [0.25, 0.3) is 0 Å². The molecule has 1 aliphatic heterocycles. The van der Waals surface area contributed by atoms with Crippen LogP contribution < -0.4 is 4.90 Å². The normalized spacial score (nSPS) is 23.1. The molecular formula is C10H13NO. The minimum absolute atomic E-state index is 0.366. The van der Waals surface area contributed by atoms with Crippen molar-refractivity contribution >= 4 is 5.69 Å². The maximum absolute atomic E-state index is 5.45. The first kappa shape index (κ1) is 7.62. The molecule has 12 heavy (non-hydrogen) atoms. The molecule has 1 aromatic rings. The highest BCUT2D eigenvalue weighted by Crippen LogP contribution is 2.18. The van der Waals surface area contributed by atoms with Gasteiger partial charge in [-0.1, -0.05) is 18.2 Å². The van der Waals surface area contributed by atoms with Gasteiger partial charge in [-0.15, -0.1) is 0 Å². The highest BCUT2D eigenvalue weighted by atomic mass is 16.5. The van der Waals surface area contributed by atoms with Gasteiger partial charge in [0.15, 0.2) is 0 Å². The summed E-state index contributed by atoms with van der Waals surface area (Å²) in [5.41, 5.74) is 1.25. The predicted octanol–water partition coefficient (Wildman–Crippen LogP) is 1.87. The van der Waals surface area contributed by atoms with Gasteiger partial charge in [-0.05, 0) is 19.1 Å². The number of para-hydroxylation sites is 1. The van der Waals surface area contributed by atoms with Gasteiger partial charge in [-0.3, -0.25) is 0 Å². The van der Waals surface area contributed by atoms with Crippen LogP contribution in [-0.4, -0.2) is 19.4 Å². The quantitative estimate of drug-likeness (QED) is 0.626. The van der Waals surface area contributed by atoms with Crippen molar-refractivity contribution < 1.29 is 4.74 Å². The lowest BCUT2D eigenvalue weighted by Gasteiger charge is -2.14. The van der Waals surface area contributed by atoms with E-state index >= 15 is 0 Å². The molecule has 0 saturated carbocycles. The number of hydrogen-bond acceptors (Lipinski definition) is 2. The monoisotopic (exact) mass is 163 g/mol. The van der Waals surface area contributed by atoms with Crippen molar-refractivity contribution in [3.8, 4) is 0 Å². The van der Waals surface area contributed by atoms with E-state index in [0.717, 1.165) is 13.3 Å². The molecule has 1 heterocycles. The molecule has 0 aromatic heterocycles. The van der Waals surface area contributed by atoms with Gasteiger partial charge in [0, 0.05) is 12.2 Å². The molecule has 1 saturated heterocycles. The van der Waals surface area contributed by atoms with Crippen LogP contribution in [0.3, 0.4) is 0 Å². The summed E-state index contributed by atoms with van der Waals surface area (Å²) in [5, 5.41) is 0. The van der Waals surface area contributed by atoms with Crippen LogP contribution in [0.25, 0.3) is 0 Å². The lowest BCUT2D eigenvalue weighted by molar-refractivity contribution is 0.130. The number of hydrogen-bond donors (Lipinski definition) is 0. The Morgan fingerprint density at radius 3 is 2.67 bits per heavy atom. The molecule has 1 unspecified atom stereocenters. The number of nitrogens with zero attached hydrogens (tertiary/aromatic N) is 1. The van der Waals surface area contributed by atoms with Crippen molar-refractivity contribution in [2.45, 2.75) is 13.0 Å². The Hall–Kier alpha value is -1.02. The van der Waals surface area contributed by atoms with Crippen LogP contribution in [0.2, 0.25) is 0 Å². The van der Waals surface area contributed by atoms with Gasteiger partial charge in [0.1, 0.15) is 6.73 Å². The van der Waals surface area contributed by atoms with Gasteiger partial charge >= 0.3 is 0 Å². The summed E-state index contributed by atoms with van der Waals surface area (Å²) in [6.07, 6.45) is 0.366. The van der Waals surface area contributed by atoms with Gasteiger partial charge in [-0.25, -0.2) is 0 Å². The molecule has 0 N–H and O–H groups in total. The van der Waals surface area contributed by atoms with E-state index in [2.05, 4.69) is 36.1 Å². The average Bonchev–Trinajstić information content (AvgIpc) is 2.54. The largest absolute Gasteiger partial charge is 0.356 e. The van der Waals surface area contributed by atoms with Crippen LogP contribution in [0.5, 0.6) is 0 Å². The summed E-state index contributed by atoms with van der Waals surface area (Å²) in [5.74, 6) is 0. The first-order valence-corrected chi connectivity index (χ1v) is 4.28. The Bertz CT molecular complexity index is 247. The van der Waals surface area contributed by atoms with Crippen LogP contribution in [0.15, 0.2) is 30.3 Å². The first-order valence-electron chi connectivity index (χ1n) is 4.28. The topological polar surface area (TPSA) is 12.5 Å². The van der Waals surface area contributed by atoms with E-state index in [9.17, 15) is 0 Å². The van der Waals surface area contributed by atoms with Crippen LogP contribution in [0, 0.1) is 0 Å². The highest BCUT2D eigenvalue weighted by Gasteiger charge is 2.18. The summed E-state index contributed by atoms with van der Waals surface area (Å²) in [6.45, 7) is 3.83. The highest BCUT2D eigenvalue weighted by molar-refractivity contribution is 5.46. The van der Waals surface area contributed by atoms with E-state index in [1.165, 1.54) is 5.69 Å². The number of ether oxygens (including phenoxy) is 1. The third-order valence-electron chi connectivity index (χ3n) is 2.11. The zero-order valence-electron chi connectivity index (χ0n) is 7.23. The number of anilines is 1. The van der Waals surface area contributed by atoms with Crippen molar-refractivity contribution in [2.75, 3.05) is 18.2 Å². The van der Waals surface area contributed by atoms with Gasteiger partial charge in [0.2, 0.25) is 0 Å². The molecule has 2 heteroatoms. The molecule has 2 nitrogen and oxygen atoms in total. The van der Waals surface area contributed by atoms with Crippen molar-refractivity contribution in [1.82, 2.24) is 0 Å². The lowest BCUT2D eigenvalue weighted by atomic mass is 10.3. The lowest BCUT2D eigenvalue weighted by Crippen LogP contribution is -2.19. The fraction of sp³-hybridized carbons (Fsp3) is 0.400. The Labute approximate surface area is 72.8 Å². The van der Waals surface area contributed by atoms with E-state index in [0.29, 0.717) is 6.10 Å². The fourth-order valence-electron chi connectivity index (χ4n) is 1.45. The van der Waals surface area contributed by atoms with Gasteiger partial charge < -0.3 is 9.64 Å². The zero-order chi connectivity index (χ0) is 8.39. The van der Waals surface area contributed by atoms with Crippen LogP contribution in [0.1, 0.15) is 6.92 Å². The third kappa shape index (κ3) is 1.43. The number of benzene rings is 1. The van der Waals surface area contributed by atoms with Crippen molar-refractivity contribution in [2.24, 2.45) is 0 Å². The molecule has 1 aromatic carbocycles. The SMILES string of the molecule is CC1CN(c2ccccc2)CO1. The molecule has 0 bridgehead atoms. The van der Waals surface area contributed by atoms with E-state index in [1.54, 1.807) is 0 Å². The van der Waals surface area contributed by atoms with Gasteiger partial charge in [0.05, 0.1) is 6.10 Å². The average molecular weight is 163 g/mol. The Kier molecular flexibility index (Phi) is 2.00. The Morgan fingerprint density at radius 1 is 1.33 bits per heavy atom. The minimum atomic E-state index is 0.366. The second kappa shape index (κ2) is 3.15. The molecule has 0 radical (unpaired) electrons. The molecule has 1 fully saturated rings. The summed E-state index contributed by atoms with van der Waals surface area (Å²) >= 11 is 0. The number of rotatable bonds is 1. The first-order chi connectivity index (χ1) is 5.86. The molecule has 1 atom stereocenters. The molecule has 0 spiro atoms. The summed E-state index contributed by atoms with van der Waals surface area (Å²) in [6, 6.07) is 10.4. The summed E-state index contributed by atoms with van der Waals surface area (Å²) in [7, 11) is 0. The molecule has 0 aliphatic carbocycles. The van der Waals surface area contributed by atoms with Crippen LogP contribution in [-0.2, 0) is 4.74 Å². The second-order valence-corrected chi connectivity index (χ2v) is 3.16. The fourth-order valence-corrected chi connectivity index (χ4v) is 1.45.